The molecule has 11 aromatic rings. The van der Waals surface area contributed by atoms with Crippen molar-refractivity contribution in [3.8, 4) is 78.7 Å². The molecule has 2 aliphatic carbocycles. The fourth-order valence-electron chi connectivity index (χ4n) is 10.3. The van der Waals surface area contributed by atoms with Gasteiger partial charge >= 0.3 is 0 Å². The molecule has 1 spiro atoms. The van der Waals surface area contributed by atoms with Gasteiger partial charge in [0, 0.05) is 36.9 Å². The summed E-state index contributed by atoms with van der Waals surface area (Å²) in [7, 11) is 0. The molecule has 0 fully saturated rings. The third-order valence-electron chi connectivity index (χ3n) is 13.0. The molecule has 13 rings (SSSR count). The highest BCUT2D eigenvalue weighted by Crippen LogP contribution is 2.63. The van der Waals surface area contributed by atoms with Crippen molar-refractivity contribution in [3.05, 3.63) is 235 Å². The van der Waals surface area contributed by atoms with E-state index in [1.807, 2.05) is 18.2 Å². The molecule has 9 aromatic carbocycles. The maximum absolute atomic E-state index is 5.21. The number of nitrogens with zero attached hydrogens (tertiary/aromatic N) is 3. The monoisotopic (exact) mass is 805 g/mol. The highest BCUT2D eigenvalue weighted by Gasteiger charge is 2.51. The average Bonchev–Trinajstić information content (AvgIpc) is 3.98. The fraction of sp³-hybridized carbons (Fsp3) is 0.0172. The fourth-order valence-corrected chi connectivity index (χ4v) is 11.4. The van der Waals surface area contributed by atoms with Crippen molar-refractivity contribution < 1.29 is 0 Å². The van der Waals surface area contributed by atoms with Crippen LogP contribution in [0.1, 0.15) is 22.3 Å². The third-order valence-corrected chi connectivity index (χ3v) is 14.1. The lowest BCUT2D eigenvalue weighted by Gasteiger charge is -2.30. The normalized spacial score (nSPS) is 13.0. The second kappa shape index (κ2) is 13.6. The Morgan fingerprint density at radius 2 is 0.758 bits per heavy atom. The molecule has 0 bridgehead atoms. The molecule has 0 aliphatic heterocycles. The van der Waals surface area contributed by atoms with Crippen LogP contribution in [0.4, 0.5) is 0 Å². The van der Waals surface area contributed by atoms with E-state index in [9.17, 15) is 0 Å². The van der Waals surface area contributed by atoms with Gasteiger partial charge in [0.25, 0.3) is 0 Å². The van der Waals surface area contributed by atoms with E-state index in [1.165, 1.54) is 75.8 Å². The first-order valence-electron chi connectivity index (χ1n) is 21.1. The molecule has 288 valence electrons. The second-order valence-electron chi connectivity index (χ2n) is 16.3. The van der Waals surface area contributed by atoms with Crippen LogP contribution in [0.15, 0.2) is 212 Å². The molecule has 0 amide bonds. The number of hydrogen-bond donors (Lipinski definition) is 0. The third kappa shape index (κ3) is 5.14. The summed E-state index contributed by atoms with van der Waals surface area (Å²) in [5.41, 5.74) is 17.8. The zero-order valence-electron chi connectivity index (χ0n) is 33.5. The number of aromatic nitrogens is 3. The molecule has 0 N–H and O–H groups in total. The first kappa shape index (κ1) is 35.0. The molecule has 0 atom stereocenters. The summed E-state index contributed by atoms with van der Waals surface area (Å²) in [5, 5.41) is 2.40. The van der Waals surface area contributed by atoms with E-state index in [0.29, 0.717) is 17.5 Å². The van der Waals surface area contributed by atoms with E-state index in [0.717, 1.165) is 27.8 Å². The van der Waals surface area contributed by atoms with Crippen LogP contribution in [0.5, 0.6) is 0 Å². The average molecular weight is 806 g/mol. The maximum atomic E-state index is 5.21. The Morgan fingerprint density at radius 1 is 0.290 bits per heavy atom. The highest BCUT2D eigenvalue weighted by atomic mass is 32.1. The van der Waals surface area contributed by atoms with Gasteiger partial charge in [0.1, 0.15) is 0 Å². The predicted octanol–water partition coefficient (Wildman–Crippen LogP) is 14.9. The van der Waals surface area contributed by atoms with Crippen LogP contribution in [0.25, 0.3) is 98.8 Å². The van der Waals surface area contributed by atoms with Crippen molar-refractivity contribution in [1.82, 2.24) is 15.0 Å². The van der Waals surface area contributed by atoms with Gasteiger partial charge in [-0.05, 0) is 91.0 Å². The Bertz CT molecular complexity index is 3520. The summed E-state index contributed by atoms with van der Waals surface area (Å²) < 4.78 is 2.47. The molecule has 2 aliphatic rings. The van der Waals surface area contributed by atoms with E-state index < -0.39 is 0 Å². The summed E-state index contributed by atoms with van der Waals surface area (Å²) in [5.74, 6) is 1.97. The molecule has 4 heteroatoms. The number of hydrogen-bond acceptors (Lipinski definition) is 4. The number of rotatable bonds is 5. The Kier molecular flexibility index (Phi) is 7.69. The number of thiophene rings is 1. The summed E-state index contributed by atoms with van der Waals surface area (Å²) in [6, 6.07) is 76.8. The second-order valence-corrected chi connectivity index (χ2v) is 17.3. The molecule has 0 unspecified atom stereocenters. The van der Waals surface area contributed by atoms with Crippen molar-refractivity contribution in [2.24, 2.45) is 0 Å². The van der Waals surface area contributed by atoms with Crippen LogP contribution in [-0.2, 0) is 5.41 Å². The minimum absolute atomic E-state index is 0.366. The molecule has 0 radical (unpaired) electrons. The maximum Gasteiger partial charge on any atom is 0.164 e. The zero-order chi connectivity index (χ0) is 40.8. The molecular weight excluding hydrogens is 771 g/mol. The Morgan fingerprint density at radius 3 is 1.45 bits per heavy atom. The first-order valence-corrected chi connectivity index (χ1v) is 21.9. The Labute approximate surface area is 363 Å². The van der Waals surface area contributed by atoms with Gasteiger partial charge in [-0.2, -0.15) is 0 Å². The van der Waals surface area contributed by atoms with Crippen molar-refractivity contribution >= 4 is 31.5 Å². The largest absolute Gasteiger partial charge is 0.208 e. The Balaban J connectivity index is 0.897. The van der Waals surface area contributed by atoms with E-state index in [1.54, 1.807) is 11.3 Å². The molecule has 0 saturated heterocycles. The molecular formula is C58H35N3S. The quantitative estimate of drug-likeness (QED) is 0.174. The van der Waals surface area contributed by atoms with Gasteiger partial charge in [-0.3, -0.25) is 0 Å². The Hall–Kier alpha value is -7.79. The summed E-state index contributed by atoms with van der Waals surface area (Å²) in [6.45, 7) is 0. The van der Waals surface area contributed by atoms with Crippen molar-refractivity contribution in [2.75, 3.05) is 0 Å². The van der Waals surface area contributed by atoms with Crippen LogP contribution in [-0.4, -0.2) is 15.0 Å². The lowest BCUT2D eigenvalue weighted by Crippen LogP contribution is -2.25. The van der Waals surface area contributed by atoms with Gasteiger partial charge in [-0.1, -0.05) is 188 Å². The lowest BCUT2D eigenvalue weighted by atomic mass is 9.70. The van der Waals surface area contributed by atoms with Gasteiger partial charge in [-0.15, -0.1) is 11.3 Å². The smallest absolute Gasteiger partial charge is 0.164 e. The van der Waals surface area contributed by atoms with Gasteiger partial charge in [-0.25, -0.2) is 15.0 Å². The van der Waals surface area contributed by atoms with Gasteiger partial charge in [0.2, 0.25) is 0 Å². The van der Waals surface area contributed by atoms with Crippen LogP contribution < -0.4 is 0 Å². The van der Waals surface area contributed by atoms with Crippen LogP contribution >= 0.6 is 11.3 Å². The molecule has 3 nitrogen and oxygen atoms in total. The van der Waals surface area contributed by atoms with Gasteiger partial charge in [0.15, 0.2) is 17.5 Å². The van der Waals surface area contributed by atoms with Gasteiger partial charge in [0.05, 0.1) is 5.41 Å². The molecule has 2 aromatic heterocycles. The SMILES string of the molecule is c1ccc(-c2nc(-c3cccc(-c4ccc(-c5ccc6c(c5)C5(c7ccccc7-c7ccccc75)c5ccccc5-6)cc4)c3)nc(-c3cccc4sc5ccccc5c34)n2)cc1. The van der Waals surface area contributed by atoms with E-state index in [-0.39, 0.29) is 5.41 Å². The standard InChI is InChI=1S/C58H35N3S/c1-2-14-38(15-3-1)55-59-56(61-57(60-55)47-22-13-27-53-54(47)46-21-7-11-26-52(46)62-53)41-17-12-16-39(34-41)36-28-30-37(31-29-36)40-32-33-45-44-20-6-10-25-50(44)58(51(45)35-40)48-23-8-4-18-42(48)43-19-5-9-24-49(43)58/h1-35H. The van der Waals surface area contributed by atoms with Crippen LogP contribution in [0.3, 0.4) is 0 Å². The first-order chi connectivity index (χ1) is 30.7. The zero-order valence-corrected chi connectivity index (χ0v) is 34.3. The summed E-state index contributed by atoms with van der Waals surface area (Å²) >= 11 is 1.80. The van der Waals surface area contributed by atoms with Crippen molar-refractivity contribution in [2.45, 2.75) is 5.41 Å². The van der Waals surface area contributed by atoms with E-state index >= 15 is 0 Å². The molecule has 2 heterocycles. The topological polar surface area (TPSA) is 38.7 Å². The predicted molar refractivity (Wildman–Crippen MR) is 256 cm³/mol. The minimum atomic E-state index is -0.366. The molecule has 62 heavy (non-hydrogen) atoms. The van der Waals surface area contributed by atoms with Crippen LogP contribution in [0, 0.1) is 0 Å². The van der Waals surface area contributed by atoms with Crippen molar-refractivity contribution in [3.63, 3.8) is 0 Å². The van der Waals surface area contributed by atoms with E-state index in [2.05, 4.69) is 194 Å². The van der Waals surface area contributed by atoms with Crippen molar-refractivity contribution in [1.29, 1.82) is 0 Å². The van der Waals surface area contributed by atoms with Gasteiger partial charge < -0.3 is 0 Å². The summed E-state index contributed by atoms with van der Waals surface area (Å²) in [4.78, 5) is 15.4. The lowest BCUT2D eigenvalue weighted by molar-refractivity contribution is 0.794. The number of fused-ring (bicyclic) bond motifs is 13. The minimum Gasteiger partial charge on any atom is -0.208 e. The summed E-state index contributed by atoms with van der Waals surface area (Å²) in [6.07, 6.45) is 0. The number of benzene rings is 9. The van der Waals surface area contributed by atoms with E-state index in [4.69, 9.17) is 15.0 Å². The van der Waals surface area contributed by atoms with Crippen LogP contribution in [0.2, 0.25) is 0 Å². The highest BCUT2D eigenvalue weighted by molar-refractivity contribution is 7.25. The molecule has 0 saturated carbocycles.